The molecule has 0 radical (unpaired) electrons. The van der Waals surface area contributed by atoms with Crippen LogP contribution < -0.4 is 5.32 Å². The molecule has 1 heterocycles. The second-order valence-electron chi connectivity index (χ2n) is 5.09. The Bertz CT molecular complexity index is 406. The standard InChI is InChI=1S/C14H22FN3O/c1-17-6-8-18(9-7-17)5-4-16-11-12-10-13(15)2-3-14(12)19/h2-3,10,16,19H,4-9,11H2,1H3. The molecule has 0 saturated carbocycles. The largest absolute Gasteiger partial charge is 0.508 e. The van der Waals surface area contributed by atoms with Crippen LogP contribution >= 0.6 is 0 Å². The Morgan fingerprint density at radius 2 is 2.00 bits per heavy atom. The summed E-state index contributed by atoms with van der Waals surface area (Å²) >= 11 is 0. The lowest BCUT2D eigenvalue weighted by atomic mass is 10.2. The molecule has 1 fully saturated rings. The molecule has 2 rings (SSSR count). The summed E-state index contributed by atoms with van der Waals surface area (Å²) in [6.07, 6.45) is 0. The fourth-order valence-corrected chi connectivity index (χ4v) is 2.23. The molecule has 2 N–H and O–H groups in total. The van der Waals surface area contributed by atoms with Gasteiger partial charge in [-0.1, -0.05) is 0 Å². The van der Waals surface area contributed by atoms with Gasteiger partial charge in [0, 0.05) is 51.4 Å². The van der Waals surface area contributed by atoms with Gasteiger partial charge in [0.15, 0.2) is 0 Å². The number of aromatic hydroxyl groups is 1. The molecule has 19 heavy (non-hydrogen) atoms. The monoisotopic (exact) mass is 267 g/mol. The van der Waals surface area contributed by atoms with Crippen LogP contribution in [-0.2, 0) is 6.54 Å². The number of rotatable bonds is 5. The SMILES string of the molecule is CN1CCN(CCNCc2cc(F)ccc2O)CC1. The van der Waals surface area contributed by atoms with Crippen LogP contribution in [0.3, 0.4) is 0 Å². The van der Waals surface area contributed by atoms with Crippen LogP contribution in [0.5, 0.6) is 5.75 Å². The maximum atomic E-state index is 13.0. The highest BCUT2D eigenvalue weighted by atomic mass is 19.1. The van der Waals surface area contributed by atoms with E-state index in [9.17, 15) is 9.50 Å². The van der Waals surface area contributed by atoms with E-state index < -0.39 is 0 Å². The van der Waals surface area contributed by atoms with E-state index in [0.29, 0.717) is 12.1 Å². The molecule has 0 atom stereocenters. The highest BCUT2D eigenvalue weighted by Gasteiger charge is 2.12. The molecule has 0 bridgehead atoms. The first-order valence-corrected chi connectivity index (χ1v) is 6.74. The second-order valence-corrected chi connectivity index (χ2v) is 5.09. The quantitative estimate of drug-likeness (QED) is 0.777. The van der Waals surface area contributed by atoms with E-state index in [1.165, 1.54) is 18.2 Å². The van der Waals surface area contributed by atoms with Gasteiger partial charge in [-0.05, 0) is 25.2 Å². The molecule has 0 aliphatic carbocycles. The van der Waals surface area contributed by atoms with Crippen molar-refractivity contribution in [2.75, 3.05) is 46.3 Å². The Morgan fingerprint density at radius 3 is 2.74 bits per heavy atom. The summed E-state index contributed by atoms with van der Waals surface area (Å²) in [4.78, 5) is 4.74. The molecule has 5 heteroatoms. The van der Waals surface area contributed by atoms with Crippen molar-refractivity contribution in [2.24, 2.45) is 0 Å². The molecule has 1 aromatic rings. The van der Waals surface area contributed by atoms with E-state index in [1.807, 2.05) is 0 Å². The number of benzene rings is 1. The van der Waals surface area contributed by atoms with Gasteiger partial charge >= 0.3 is 0 Å². The first-order valence-electron chi connectivity index (χ1n) is 6.74. The fraction of sp³-hybridized carbons (Fsp3) is 0.571. The van der Waals surface area contributed by atoms with Gasteiger partial charge in [0.1, 0.15) is 11.6 Å². The number of likely N-dealkylation sites (N-methyl/N-ethyl adjacent to an activating group) is 1. The molecule has 1 aromatic carbocycles. The smallest absolute Gasteiger partial charge is 0.123 e. The van der Waals surface area contributed by atoms with Crippen LogP contribution in [0.25, 0.3) is 0 Å². The Morgan fingerprint density at radius 1 is 1.26 bits per heavy atom. The molecular weight excluding hydrogens is 245 g/mol. The summed E-state index contributed by atoms with van der Waals surface area (Å²) in [5.74, 6) is -0.165. The van der Waals surface area contributed by atoms with E-state index in [0.717, 1.165) is 39.3 Å². The minimum absolute atomic E-state index is 0.147. The first-order chi connectivity index (χ1) is 9.15. The van der Waals surface area contributed by atoms with Crippen molar-refractivity contribution in [1.82, 2.24) is 15.1 Å². The summed E-state index contributed by atoms with van der Waals surface area (Å²) < 4.78 is 13.0. The van der Waals surface area contributed by atoms with Crippen molar-refractivity contribution in [2.45, 2.75) is 6.54 Å². The van der Waals surface area contributed by atoms with E-state index in [1.54, 1.807) is 0 Å². The van der Waals surface area contributed by atoms with Gasteiger partial charge in [-0.15, -0.1) is 0 Å². The van der Waals surface area contributed by atoms with Crippen molar-refractivity contribution >= 4 is 0 Å². The van der Waals surface area contributed by atoms with Crippen LogP contribution in [-0.4, -0.2) is 61.2 Å². The molecular formula is C14H22FN3O. The fourth-order valence-electron chi connectivity index (χ4n) is 2.23. The highest BCUT2D eigenvalue weighted by Crippen LogP contribution is 2.17. The molecule has 106 valence electrons. The third-order valence-electron chi connectivity index (χ3n) is 3.56. The van der Waals surface area contributed by atoms with Crippen molar-refractivity contribution in [3.63, 3.8) is 0 Å². The van der Waals surface area contributed by atoms with Gasteiger partial charge in [0.25, 0.3) is 0 Å². The number of hydrogen-bond acceptors (Lipinski definition) is 4. The van der Waals surface area contributed by atoms with Gasteiger partial charge in [-0.3, -0.25) is 4.90 Å². The van der Waals surface area contributed by atoms with E-state index in [-0.39, 0.29) is 11.6 Å². The zero-order valence-corrected chi connectivity index (χ0v) is 11.4. The van der Waals surface area contributed by atoms with Crippen LogP contribution in [0.15, 0.2) is 18.2 Å². The number of halogens is 1. The van der Waals surface area contributed by atoms with Gasteiger partial charge in [-0.2, -0.15) is 0 Å². The number of phenols is 1. The molecule has 1 saturated heterocycles. The van der Waals surface area contributed by atoms with E-state index in [2.05, 4.69) is 22.2 Å². The normalized spacial score (nSPS) is 17.8. The average Bonchev–Trinajstić information content (AvgIpc) is 2.40. The van der Waals surface area contributed by atoms with E-state index >= 15 is 0 Å². The van der Waals surface area contributed by atoms with Crippen LogP contribution in [0.2, 0.25) is 0 Å². The average molecular weight is 267 g/mol. The van der Waals surface area contributed by atoms with Gasteiger partial charge in [0.05, 0.1) is 0 Å². The van der Waals surface area contributed by atoms with Gasteiger partial charge in [-0.25, -0.2) is 4.39 Å². The summed E-state index contributed by atoms with van der Waals surface area (Å²) in [5.41, 5.74) is 0.610. The van der Waals surface area contributed by atoms with Gasteiger partial charge in [0.2, 0.25) is 0 Å². The van der Waals surface area contributed by atoms with Crippen LogP contribution in [0.1, 0.15) is 5.56 Å². The van der Waals surface area contributed by atoms with E-state index in [4.69, 9.17) is 0 Å². The van der Waals surface area contributed by atoms with Gasteiger partial charge < -0.3 is 15.3 Å². The molecule has 0 unspecified atom stereocenters. The minimum atomic E-state index is -0.311. The second kappa shape index (κ2) is 6.84. The molecule has 4 nitrogen and oxygen atoms in total. The Kier molecular flexibility index (Phi) is 5.13. The van der Waals surface area contributed by atoms with Crippen molar-refractivity contribution in [3.8, 4) is 5.75 Å². The Hall–Kier alpha value is -1.17. The third kappa shape index (κ3) is 4.45. The molecule has 0 spiro atoms. The lowest BCUT2D eigenvalue weighted by molar-refractivity contribution is 0.154. The molecule has 0 amide bonds. The Balaban J connectivity index is 1.68. The summed E-state index contributed by atoms with van der Waals surface area (Å²) in [5, 5.41) is 12.8. The summed E-state index contributed by atoms with van der Waals surface area (Å²) in [6, 6.07) is 4.04. The maximum absolute atomic E-state index is 13.0. The number of nitrogens with one attached hydrogen (secondary N) is 1. The van der Waals surface area contributed by atoms with Crippen LogP contribution in [0.4, 0.5) is 4.39 Å². The molecule has 1 aliphatic heterocycles. The maximum Gasteiger partial charge on any atom is 0.123 e. The summed E-state index contributed by atoms with van der Waals surface area (Å²) in [7, 11) is 2.14. The number of piperazine rings is 1. The Labute approximate surface area is 113 Å². The highest BCUT2D eigenvalue weighted by molar-refractivity contribution is 5.32. The number of hydrogen-bond donors (Lipinski definition) is 2. The zero-order valence-electron chi connectivity index (χ0n) is 11.4. The van der Waals surface area contributed by atoms with Crippen molar-refractivity contribution in [3.05, 3.63) is 29.6 Å². The predicted octanol–water partition coefficient (Wildman–Crippen LogP) is 0.868. The molecule has 1 aliphatic rings. The summed E-state index contributed by atoms with van der Waals surface area (Å²) in [6.45, 7) is 6.77. The minimum Gasteiger partial charge on any atom is -0.508 e. The number of phenolic OH excluding ortho intramolecular Hbond substituents is 1. The van der Waals surface area contributed by atoms with Crippen molar-refractivity contribution in [1.29, 1.82) is 0 Å². The zero-order chi connectivity index (χ0) is 13.7. The lowest BCUT2D eigenvalue weighted by Crippen LogP contribution is -2.46. The molecule has 0 aromatic heterocycles. The third-order valence-corrected chi connectivity index (χ3v) is 3.56. The van der Waals surface area contributed by atoms with Crippen molar-refractivity contribution < 1.29 is 9.50 Å². The lowest BCUT2D eigenvalue weighted by Gasteiger charge is -2.32. The number of nitrogens with zero attached hydrogens (tertiary/aromatic N) is 2. The van der Waals surface area contributed by atoms with Crippen LogP contribution in [0, 0.1) is 5.82 Å². The first kappa shape index (κ1) is 14.2. The topological polar surface area (TPSA) is 38.7 Å². The predicted molar refractivity (Wildman–Crippen MR) is 73.7 cm³/mol.